The Balaban J connectivity index is 1.98. The van der Waals surface area contributed by atoms with Crippen molar-refractivity contribution in [3.63, 3.8) is 0 Å². The van der Waals surface area contributed by atoms with E-state index in [0.29, 0.717) is 19.4 Å². The van der Waals surface area contributed by atoms with E-state index >= 15 is 0 Å². The normalized spacial score (nSPS) is 33.8. The fourth-order valence-corrected chi connectivity index (χ4v) is 2.97. The molecule has 0 radical (unpaired) electrons. The van der Waals surface area contributed by atoms with Gasteiger partial charge >= 0.3 is 6.18 Å². The van der Waals surface area contributed by atoms with E-state index in [1.165, 1.54) is 4.90 Å². The highest BCUT2D eigenvalue weighted by atomic mass is 19.4. The number of likely N-dealkylation sites (tertiary alicyclic amines) is 1. The number of nitrogens with two attached hydrogens (primary N) is 1. The maximum atomic E-state index is 12.7. The molecule has 3 unspecified atom stereocenters. The van der Waals surface area contributed by atoms with Gasteiger partial charge in [0.25, 0.3) is 0 Å². The molecule has 2 N–H and O–H groups in total. The number of hydrogen-bond acceptors (Lipinski definition) is 2. The van der Waals surface area contributed by atoms with Crippen molar-refractivity contribution in [2.24, 2.45) is 17.6 Å². The van der Waals surface area contributed by atoms with Crippen molar-refractivity contribution in [3.05, 3.63) is 0 Å². The summed E-state index contributed by atoms with van der Waals surface area (Å²) < 4.78 is 38.0. The van der Waals surface area contributed by atoms with Crippen LogP contribution in [0.1, 0.15) is 32.1 Å². The second kappa shape index (κ2) is 5.07. The second-order valence-corrected chi connectivity index (χ2v) is 5.37. The van der Waals surface area contributed by atoms with Crippen LogP contribution in [-0.2, 0) is 4.79 Å². The molecule has 1 aliphatic carbocycles. The molecule has 3 atom stereocenters. The molecule has 6 heteroatoms. The first kappa shape index (κ1) is 13.6. The Bertz CT molecular complexity index is 319. The number of halogens is 3. The van der Waals surface area contributed by atoms with Gasteiger partial charge in [-0.15, -0.1) is 0 Å². The molecule has 1 heterocycles. The molecule has 2 fully saturated rings. The zero-order valence-electron chi connectivity index (χ0n) is 10.2. The molecule has 2 rings (SSSR count). The highest BCUT2D eigenvalue weighted by Gasteiger charge is 2.44. The third-order valence-electron chi connectivity index (χ3n) is 4.08. The van der Waals surface area contributed by atoms with Crippen LogP contribution in [0.2, 0.25) is 0 Å². The van der Waals surface area contributed by atoms with E-state index in [4.69, 9.17) is 5.73 Å². The summed E-state index contributed by atoms with van der Waals surface area (Å²) in [5.41, 5.74) is 5.84. The lowest BCUT2D eigenvalue weighted by Gasteiger charge is -2.35. The molecule has 104 valence electrons. The largest absolute Gasteiger partial charge is 0.393 e. The molecular formula is C12H19F3N2O. The van der Waals surface area contributed by atoms with Gasteiger partial charge in [0.15, 0.2) is 0 Å². The fourth-order valence-electron chi connectivity index (χ4n) is 2.97. The van der Waals surface area contributed by atoms with Gasteiger partial charge in [0, 0.05) is 19.1 Å². The zero-order valence-corrected chi connectivity index (χ0v) is 10.2. The van der Waals surface area contributed by atoms with Crippen molar-refractivity contribution in [3.8, 4) is 0 Å². The Kier molecular flexibility index (Phi) is 3.84. The lowest BCUT2D eigenvalue weighted by Crippen LogP contribution is -2.48. The van der Waals surface area contributed by atoms with Crippen LogP contribution in [0.4, 0.5) is 13.2 Å². The highest BCUT2D eigenvalue weighted by molar-refractivity contribution is 5.80. The first-order valence-corrected chi connectivity index (χ1v) is 6.50. The van der Waals surface area contributed by atoms with Gasteiger partial charge in [0.2, 0.25) is 5.91 Å². The lowest BCUT2D eigenvalue weighted by molar-refractivity contribution is -0.188. The molecule has 1 saturated heterocycles. The number of alkyl halides is 3. The number of piperidine rings is 1. The van der Waals surface area contributed by atoms with Crippen LogP contribution in [0.3, 0.4) is 0 Å². The summed E-state index contributed by atoms with van der Waals surface area (Å²) in [7, 11) is 0. The Hall–Kier alpha value is -0.780. The molecule has 1 aliphatic heterocycles. The van der Waals surface area contributed by atoms with E-state index in [-0.39, 0.29) is 30.8 Å². The molecule has 0 aromatic carbocycles. The van der Waals surface area contributed by atoms with Crippen LogP contribution in [0.25, 0.3) is 0 Å². The summed E-state index contributed by atoms with van der Waals surface area (Å²) in [6, 6.07) is -0.177. The van der Waals surface area contributed by atoms with Crippen LogP contribution in [-0.4, -0.2) is 36.1 Å². The number of carbonyl (C=O) groups excluding carboxylic acids is 1. The molecular weight excluding hydrogens is 245 g/mol. The fraction of sp³-hybridized carbons (Fsp3) is 0.917. The van der Waals surface area contributed by atoms with Gasteiger partial charge < -0.3 is 10.6 Å². The Morgan fingerprint density at radius 1 is 1.17 bits per heavy atom. The van der Waals surface area contributed by atoms with Crippen molar-refractivity contribution >= 4 is 5.91 Å². The monoisotopic (exact) mass is 264 g/mol. The summed E-state index contributed by atoms with van der Waals surface area (Å²) in [6.07, 6.45) is -1.23. The summed E-state index contributed by atoms with van der Waals surface area (Å²) >= 11 is 0. The highest BCUT2D eigenvalue weighted by Crippen LogP contribution is 2.34. The summed E-state index contributed by atoms with van der Waals surface area (Å²) in [5, 5.41) is 0. The molecule has 3 nitrogen and oxygen atoms in total. The standard InChI is InChI=1S/C12H19F3N2O/c13-12(14,15)8-3-2-6-17(7-8)11(18)9-4-1-5-10(9)16/h8-10H,1-7,16H2. The van der Waals surface area contributed by atoms with E-state index in [1.807, 2.05) is 0 Å². The predicted octanol–water partition coefficient (Wildman–Crippen LogP) is 1.91. The van der Waals surface area contributed by atoms with E-state index < -0.39 is 12.1 Å². The first-order chi connectivity index (χ1) is 8.39. The maximum Gasteiger partial charge on any atom is 0.393 e. The SMILES string of the molecule is NC1CCCC1C(=O)N1CCCC(C(F)(F)F)C1. The van der Waals surface area contributed by atoms with Crippen LogP contribution >= 0.6 is 0 Å². The van der Waals surface area contributed by atoms with Crippen LogP contribution in [0.5, 0.6) is 0 Å². The topological polar surface area (TPSA) is 46.3 Å². The molecule has 0 aromatic rings. The quantitative estimate of drug-likeness (QED) is 0.786. The minimum atomic E-state index is -4.20. The molecule has 1 saturated carbocycles. The van der Waals surface area contributed by atoms with Gasteiger partial charge in [-0.05, 0) is 25.7 Å². The number of amides is 1. The number of nitrogens with zero attached hydrogens (tertiary/aromatic N) is 1. The number of carbonyl (C=O) groups is 1. The van der Waals surface area contributed by atoms with Crippen molar-refractivity contribution in [1.29, 1.82) is 0 Å². The van der Waals surface area contributed by atoms with Crippen molar-refractivity contribution < 1.29 is 18.0 Å². The van der Waals surface area contributed by atoms with E-state index in [0.717, 1.165) is 12.8 Å². The van der Waals surface area contributed by atoms with E-state index in [9.17, 15) is 18.0 Å². The van der Waals surface area contributed by atoms with Crippen molar-refractivity contribution in [1.82, 2.24) is 4.90 Å². The van der Waals surface area contributed by atoms with Crippen molar-refractivity contribution in [2.45, 2.75) is 44.3 Å². The van der Waals surface area contributed by atoms with Gasteiger partial charge in [0.1, 0.15) is 0 Å². The van der Waals surface area contributed by atoms with E-state index in [1.54, 1.807) is 0 Å². The maximum absolute atomic E-state index is 12.7. The predicted molar refractivity (Wildman–Crippen MR) is 60.7 cm³/mol. The Labute approximate surface area is 104 Å². The molecule has 18 heavy (non-hydrogen) atoms. The molecule has 0 aromatic heterocycles. The Morgan fingerprint density at radius 2 is 1.89 bits per heavy atom. The summed E-state index contributed by atoms with van der Waals surface area (Å²) in [6.45, 7) is 0.250. The van der Waals surface area contributed by atoms with E-state index in [2.05, 4.69) is 0 Å². The van der Waals surface area contributed by atoms with Crippen LogP contribution in [0.15, 0.2) is 0 Å². The Morgan fingerprint density at radius 3 is 2.44 bits per heavy atom. The van der Waals surface area contributed by atoms with Crippen LogP contribution in [0, 0.1) is 11.8 Å². The second-order valence-electron chi connectivity index (χ2n) is 5.37. The third kappa shape index (κ3) is 2.79. The minimum absolute atomic E-state index is 0.129. The molecule has 1 amide bonds. The van der Waals surface area contributed by atoms with Crippen molar-refractivity contribution in [2.75, 3.05) is 13.1 Å². The smallest absolute Gasteiger partial charge is 0.342 e. The van der Waals surface area contributed by atoms with Gasteiger partial charge in [-0.3, -0.25) is 4.79 Å². The van der Waals surface area contributed by atoms with Crippen LogP contribution < -0.4 is 5.73 Å². The summed E-state index contributed by atoms with van der Waals surface area (Å²) in [5.74, 6) is -1.81. The van der Waals surface area contributed by atoms with Gasteiger partial charge in [0.05, 0.1) is 11.8 Å². The average Bonchev–Trinajstić information content (AvgIpc) is 2.73. The lowest BCUT2D eigenvalue weighted by atomic mass is 9.95. The first-order valence-electron chi connectivity index (χ1n) is 6.50. The summed E-state index contributed by atoms with van der Waals surface area (Å²) in [4.78, 5) is 13.5. The number of hydrogen-bond donors (Lipinski definition) is 1. The third-order valence-corrected chi connectivity index (χ3v) is 4.08. The molecule has 0 bridgehead atoms. The van der Waals surface area contributed by atoms with Gasteiger partial charge in [-0.2, -0.15) is 13.2 Å². The zero-order chi connectivity index (χ0) is 13.3. The molecule has 2 aliphatic rings. The number of rotatable bonds is 1. The van der Waals surface area contributed by atoms with Gasteiger partial charge in [-0.25, -0.2) is 0 Å². The minimum Gasteiger partial charge on any atom is -0.342 e. The molecule has 0 spiro atoms. The average molecular weight is 264 g/mol. The van der Waals surface area contributed by atoms with Gasteiger partial charge in [-0.1, -0.05) is 6.42 Å².